The van der Waals surface area contributed by atoms with Gasteiger partial charge in [0.2, 0.25) is 0 Å². The number of carbonyl (C=O) groups is 1. The summed E-state index contributed by atoms with van der Waals surface area (Å²) in [7, 11) is 0. The molecule has 0 saturated carbocycles. The molecule has 204 valence electrons. The summed E-state index contributed by atoms with van der Waals surface area (Å²) in [5, 5.41) is 16.4. The van der Waals surface area contributed by atoms with Crippen LogP contribution < -0.4 is 10.2 Å². The molecule has 0 aliphatic carbocycles. The Kier molecular flexibility index (Phi) is 6.53. The summed E-state index contributed by atoms with van der Waals surface area (Å²) in [6, 6.07) is 21.6. The van der Waals surface area contributed by atoms with E-state index in [1.807, 2.05) is 72.9 Å². The van der Waals surface area contributed by atoms with Gasteiger partial charge in [-0.15, -0.1) is 10.2 Å². The predicted molar refractivity (Wildman–Crippen MR) is 152 cm³/mol. The highest BCUT2D eigenvalue weighted by Gasteiger charge is 2.28. The topological polar surface area (TPSA) is 124 Å². The predicted octanol–water partition coefficient (Wildman–Crippen LogP) is 3.55. The van der Waals surface area contributed by atoms with Crippen LogP contribution in [0.1, 0.15) is 16.7 Å². The van der Waals surface area contributed by atoms with Crippen molar-refractivity contribution >= 4 is 23.3 Å². The minimum atomic E-state index is -0.900. The van der Waals surface area contributed by atoms with Crippen LogP contribution in [-0.4, -0.2) is 68.9 Å². The molecule has 0 spiro atoms. The summed E-state index contributed by atoms with van der Waals surface area (Å²) in [6.07, 6.45) is 4.62. The van der Waals surface area contributed by atoms with Crippen molar-refractivity contribution < 1.29 is 13.9 Å². The van der Waals surface area contributed by atoms with E-state index in [0.717, 1.165) is 28.1 Å². The number of hydrogen-bond donors (Lipinski definition) is 1. The van der Waals surface area contributed by atoms with Crippen molar-refractivity contribution in [2.75, 3.05) is 36.5 Å². The van der Waals surface area contributed by atoms with Crippen LogP contribution >= 0.6 is 0 Å². The molecule has 0 bridgehead atoms. The summed E-state index contributed by atoms with van der Waals surface area (Å²) in [4.78, 5) is 24.6. The quantitative estimate of drug-likeness (QED) is 0.340. The molecular weight excluding hydrogens is 520 g/mol. The van der Waals surface area contributed by atoms with Crippen LogP contribution in [0.4, 0.5) is 11.8 Å². The van der Waals surface area contributed by atoms with Gasteiger partial charge in [0.1, 0.15) is 5.56 Å². The number of anilines is 2. The van der Waals surface area contributed by atoms with E-state index in [2.05, 4.69) is 25.4 Å². The van der Waals surface area contributed by atoms with Gasteiger partial charge in [0.25, 0.3) is 5.89 Å². The molecule has 1 fully saturated rings. The minimum Gasteiger partial charge on any atom is -0.403 e. The fourth-order valence-corrected chi connectivity index (χ4v) is 5.05. The first-order valence-electron chi connectivity index (χ1n) is 13.4. The van der Waals surface area contributed by atoms with Gasteiger partial charge < -0.3 is 19.4 Å². The highest BCUT2D eigenvalue weighted by molar-refractivity contribution is 6.16. The number of benzene rings is 2. The Labute approximate surface area is 235 Å². The summed E-state index contributed by atoms with van der Waals surface area (Å²) in [6.45, 7) is 2.57. The number of pyridine rings is 1. The van der Waals surface area contributed by atoms with Gasteiger partial charge in [0, 0.05) is 43.0 Å². The third-order valence-corrected chi connectivity index (χ3v) is 7.08. The lowest BCUT2D eigenvalue weighted by molar-refractivity contribution is -0.119. The Bertz CT molecular complexity index is 1710. The van der Waals surface area contributed by atoms with Crippen LogP contribution in [0.3, 0.4) is 0 Å². The number of carbonyl (C=O) groups excluding carboxylic acids is 1. The number of aromatic nitrogens is 5. The molecule has 11 heteroatoms. The Morgan fingerprint density at radius 3 is 2.56 bits per heavy atom. The van der Waals surface area contributed by atoms with E-state index in [1.165, 1.54) is 0 Å². The lowest BCUT2D eigenvalue weighted by atomic mass is 9.96. The summed E-state index contributed by atoms with van der Waals surface area (Å²) in [5.74, 6) is 0.889. The second-order valence-electron chi connectivity index (χ2n) is 9.72. The molecule has 1 saturated heterocycles. The second-order valence-corrected chi connectivity index (χ2v) is 9.72. The van der Waals surface area contributed by atoms with Gasteiger partial charge in [0.05, 0.1) is 30.8 Å². The first-order chi connectivity index (χ1) is 20.2. The SMILES string of the molecule is O=C1Cc2ccccc2C(c2ccccc2)=N[C@@H]1Nc1nnc(-c2cn(-c3cccnc3)nc2N2CCOCC2)o1. The van der Waals surface area contributed by atoms with Gasteiger partial charge in [-0.2, -0.15) is 0 Å². The van der Waals surface area contributed by atoms with Crippen molar-refractivity contribution in [2.45, 2.75) is 12.6 Å². The number of ketones is 1. The van der Waals surface area contributed by atoms with Gasteiger partial charge in [-0.3, -0.25) is 14.8 Å². The average molecular weight is 547 g/mol. The number of hydrogen-bond acceptors (Lipinski definition) is 10. The normalized spacial score (nSPS) is 17.1. The van der Waals surface area contributed by atoms with E-state index in [-0.39, 0.29) is 24.1 Å². The smallest absolute Gasteiger partial charge is 0.317 e. The van der Waals surface area contributed by atoms with Gasteiger partial charge >= 0.3 is 6.01 Å². The van der Waals surface area contributed by atoms with Crippen LogP contribution in [0.15, 0.2) is 94.7 Å². The molecule has 0 amide bonds. The molecular formula is C30H26N8O3. The monoisotopic (exact) mass is 546 g/mol. The number of morpholine rings is 1. The Hall–Kier alpha value is -5.16. The maximum absolute atomic E-state index is 13.4. The molecule has 1 atom stereocenters. The number of fused-ring (bicyclic) bond motifs is 1. The maximum Gasteiger partial charge on any atom is 0.317 e. The van der Waals surface area contributed by atoms with E-state index in [0.29, 0.717) is 37.7 Å². The Balaban J connectivity index is 1.23. The maximum atomic E-state index is 13.4. The van der Waals surface area contributed by atoms with Crippen LogP contribution in [0.5, 0.6) is 0 Å². The van der Waals surface area contributed by atoms with Gasteiger partial charge in [-0.05, 0) is 17.7 Å². The molecule has 0 unspecified atom stereocenters. The van der Waals surface area contributed by atoms with Crippen molar-refractivity contribution in [3.63, 3.8) is 0 Å². The van der Waals surface area contributed by atoms with Crippen molar-refractivity contribution in [1.82, 2.24) is 25.0 Å². The molecule has 0 radical (unpaired) electrons. The molecule has 1 N–H and O–H groups in total. The van der Waals surface area contributed by atoms with E-state index in [1.54, 1.807) is 17.1 Å². The van der Waals surface area contributed by atoms with Crippen LogP contribution in [-0.2, 0) is 16.0 Å². The lowest BCUT2D eigenvalue weighted by Gasteiger charge is -2.27. The molecule has 2 aromatic carbocycles. The zero-order chi connectivity index (χ0) is 27.6. The molecule has 5 heterocycles. The van der Waals surface area contributed by atoms with Crippen molar-refractivity contribution in [2.24, 2.45) is 4.99 Å². The largest absolute Gasteiger partial charge is 0.403 e. The third kappa shape index (κ3) is 4.98. The number of nitrogens with zero attached hydrogens (tertiary/aromatic N) is 7. The number of rotatable bonds is 6. The highest BCUT2D eigenvalue weighted by atomic mass is 16.5. The summed E-state index contributed by atoms with van der Waals surface area (Å²) < 4.78 is 13.4. The van der Waals surface area contributed by atoms with Crippen LogP contribution in [0.2, 0.25) is 0 Å². The lowest BCUT2D eigenvalue weighted by Crippen LogP contribution is -2.36. The van der Waals surface area contributed by atoms with E-state index < -0.39 is 6.17 Å². The van der Waals surface area contributed by atoms with Crippen molar-refractivity contribution in [3.05, 3.63) is 102 Å². The molecule has 11 nitrogen and oxygen atoms in total. The van der Waals surface area contributed by atoms with E-state index >= 15 is 0 Å². The van der Waals surface area contributed by atoms with Gasteiger partial charge in [0.15, 0.2) is 17.8 Å². The van der Waals surface area contributed by atoms with Gasteiger partial charge in [-0.1, -0.05) is 59.7 Å². The molecule has 5 aromatic rings. The first kappa shape index (κ1) is 24.9. The fourth-order valence-electron chi connectivity index (χ4n) is 5.05. The summed E-state index contributed by atoms with van der Waals surface area (Å²) >= 11 is 0. The van der Waals surface area contributed by atoms with Crippen LogP contribution in [0, 0.1) is 0 Å². The molecule has 3 aromatic heterocycles. The number of aliphatic imine (C=N–C) groups is 1. The zero-order valence-corrected chi connectivity index (χ0v) is 22.1. The minimum absolute atomic E-state index is 0.0958. The van der Waals surface area contributed by atoms with Crippen molar-refractivity contribution in [1.29, 1.82) is 0 Å². The average Bonchev–Trinajstić information content (AvgIpc) is 3.65. The first-order valence-corrected chi connectivity index (χ1v) is 13.4. The van der Waals surface area contributed by atoms with Gasteiger partial charge in [-0.25, -0.2) is 4.68 Å². The number of Topliss-reactive ketones (excluding diaryl/α,β-unsaturated/α-hetero) is 1. The van der Waals surface area contributed by atoms with E-state index in [9.17, 15) is 4.79 Å². The molecule has 2 aliphatic rings. The van der Waals surface area contributed by atoms with Crippen LogP contribution in [0.25, 0.3) is 17.1 Å². The fraction of sp³-hybridized carbons (Fsp3) is 0.200. The van der Waals surface area contributed by atoms with E-state index in [4.69, 9.17) is 19.2 Å². The Morgan fingerprint density at radius 2 is 1.73 bits per heavy atom. The summed E-state index contributed by atoms with van der Waals surface area (Å²) in [5.41, 5.74) is 4.98. The standard InChI is InChI=1S/C30H26N8O3/c39-25-17-21-9-4-5-11-23(21)26(20-7-2-1-3-8-20)32-27(25)33-30-35-34-29(41-30)24-19-38(22-10-6-12-31-18-22)36-28(24)37-13-15-40-16-14-37/h1-12,18-19,27H,13-17H2,(H,33,35)/t27-/m1/s1. The molecule has 41 heavy (non-hydrogen) atoms. The second kappa shape index (κ2) is 10.8. The molecule has 7 rings (SSSR count). The number of ether oxygens (including phenoxy) is 1. The molecule has 2 aliphatic heterocycles. The van der Waals surface area contributed by atoms with Crippen molar-refractivity contribution in [3.8, 4) is 17.1 Å². The Morgan fingerprint density at radius 1 is 0.902 bits per heavy atom. The highest BCUT2D eigenvalue weighted by Crippen LogP contribution is 2.32. The number of nitrogens with one attached hydrogen (secondary N) is 1. The zero-order valence-electron chi connectivity index (χ0n) is 22.1. The third-order valence-electron chi connectivity index (χ3n) is 7.08.